The molecule has 0 saturated carbocycles. The molecule has 1 aliphatic heterocycles. The van der Waals surface area contributed by atoms with Crippen molar-refractivity contribution >= 4 is 0 Å². The van der Waals surface area contributed by atoms with E-state index in [1.807, 2.05) is 0 Å². The highest BCUT2D eigenvalue weighted by atomic mass is 16.6. The monoisotopic (exact) mass is 302 g/mol. The lowest BCUT2D eigenvalue weighted by atomic mass is 10.0. The zero-order valence-corrected chi connectivity index (χ0v) is 13.0. The Hall–Kier alpha value is -0.460. The number of ether oxygens (including phenoxy) is 2. The van der Waals surface area contributed by atoms with E-state index in [-0.39, 0.29) is 13.2 Å². The molecule has 0 radical (unpaired) electrons. The first kappa shape index (κ1) is 18.6. The molecule has 4 atom stereocenters. The third kappa shape index (κ3) is 6.89. The Morgan fingerprint density at radius 1 is 1.10 bits per heavy atom. The van der Waals surface area contributed by atoms with Crippen LogP contribution < -0.4 is 0 Å². The first-order chi connectivity index (χ1) is 10.2. The number of allylic oxidation sites excluding steroid dienone is 2. The van der Waals surface area contributed by atoms with E-state index in [2.05, 4.69) is 19.1 Å². The van der Waals surface area contributed by atoms with Crippen LogP contribution in [0.5, 0.6) is 0 Å². The molecule has 1 saturated heterocycles. The van der Waals surface area contributed by atoms with Gasteiger partial charge in [0.25, 0.3) is 0 Å². The van der Waals surface area contributed by atoms with Crippen LogP contribution in [0.3, 0.4) is 0 Å². The minimum Gasteiger partial charge on any atom is -0.394 e. The summed E-state index contributed by atoms with van der Waals surface area (Å²) in [5, 5.41) is 28.6. The topological polar surface area (TPSA) is 79.2 Å². The number of unbranched alkanes of at least 4 members (excludes halogenated alkanes) is 4. The van der Waals surface area contributed by atoms with Crippen LogP contribution in [0.4, 0.5) is 0 Å². The summed E-state index contributed by atoms with van der Waals surface area (Å²) in [5.74, 6) is 0. The van der Waals surface area contributed by atoms with Gasteiger partial charge >= 0.3 is 0 Å². The molecule has 3 N–H and O–H groups in total. The smallest absolute Gasteiger partial charge is 0.111 e. The molecule has 0 aromatic heterocycles. The Morgan fingerprint density at radius 3 is 2.57 bits per heavy atom. The zero-order chi connectivity index (χ0) is 15.5. The molecule has 0 aromatic rings. The van der Waals surface area contributed by atoms with Crippen molar-refractivity contribution in [2.75, 3.05) is 19.8 Å². The second-order valence-corrected chi connectivity index (χ2v) is 5.53. The molecule has 0 amide bonds. The Kier molecular flexibility index (Phi) is 9.87. The molecule has 0 spiro atoms. The van der Waals surface area contributed by atoms with E-state index in [1.165, 1.54) is 12.8 Å². The minimum atomic E-state index is -1.08. The summed E-state index contributed by atoms with van der Waals surface area (Å²) in [6.07, 6.45) is 7.79. The van der Waals surface area contributed by atoms with Crippen LogP contribution in [0.15, 0.2) is 12.2 Å². The Bertz CT molecular complexity index is 282. The van der Waals surface area contributed by atoms with Crippen molar-refractivity contribution in [1.82, 2.24) is 0 Å². The molecular weight excluding hydrogens is 272 g/mol. The Balaban J connectivity index is 2.04. The van der Waals surface area contributed by atoms with Gasteiger partial charge in [-0.2, -0.15) is 0 Å². The molecule has 0 aromatic carbocycles. The van der Waals surface area contributed by atoms with Crippen molar-refractivity contribution < 1.29 is 24.8 Å². The molecule has 1 rings (SSSR count). The van der Waals surface area contributed by atoms with Gasteiger partial charge in [-0.25, -0.2) is 0 Å². The fourth-order valence-corrected chi connectivity index (χ4v) is 2.40. The highest BCUT2D eigenvalue weighted by molar-refractivity contribution is 4.87. The van der Waals surface area contributed by atoms with Crippen LogP contribution in [0.2, 0.25) is 0 Å². The molecule has 21 heavy (non-hydrogen) atoms. The number of hydrogen-bond donors (Lipinski definition) is 3. The third-order valence-corrected chi connectivity index (χ3v) is 3.77. The van der Waals surface area contributed by atoms with Crippen molar-refractivity contribution in [3.05, 3.63) is 12.2 Å². The zero-order valence-electron chi connectivity index (χ0n) is 13.0. The van der Waals surface area contributed by atoms with E-state index in [0.29, 0.717) is 6.61 Å². The SMILES string of the molecule is CC/C=C/CCCCCCO[C@H]1CO[C@H](CO)[C@@H](O)[C@@H]1O. The van der Waals surface area contributed by atoms with Crippen molar-refractivity contribution in [2.24, 2.45) is 0 Å². The predicted molar refractivity (Wildman–Crippen MR) is 81.1 cm³/mol. The van der Waals surface area contributed by atoms with Crippen LogP contribution >= 0.6 is 0 Å². The van der Waals surface area contributed by atoms with Crippen LogP contribution in [-0.4, -0.2) is 59.6 Å². The lowest BCUT2D eigenvalue weighted by Gasteiger charge is -2.36. The maximum atomic E-state index is 9.89. The Morgan fingerprint density at radius 2 is 1.86 bits per heavy atom. The van der Waals surface area contributed by atoms with Gasteiger partial charge < -0.3 is 24.8 Å². The van der Waals surface area contributed by atoms with E-state index in [9.17, 15) is 10.2 Å². The summed E-state index contributed by atoms with van der Waals surface area (Å²) in [5.41, 5.74) is 0. The van der Waals surface area contributed by atoms with Crippen LogP contribution in [0, 0.1) is 0 Å². The molecule has 0 bridgehead atoms. The summed E-state index contributed by atoms with van der Waals surface area (Å²) in [6.45, 7) is 2.62. The van der Waals surface area contributed by atoms with E-state index >= 15 is 0 Å². The fourth-order valence-electron chi connectivity index (χ4n) is 2.40. The standard InChI is InChI=1S/C16H30O5/c1-2-3-4-5-6-7-8-9-10-20-14-12-21-13(11-17)15(18)16(14)19/h3-4,13-19H,2,5-12H2,1H3/b4-3+/t13-,14+,15-,16-/m1/s1. The quantitative estimate of drug-likeness (QED) is 0.420. The summed E-state index contributed by atoms with van der Waals surface area (Å²) >= 11 is 0. The highest BCUT2D eigenvalue weighted by Gasteiger charge is 2.38. The number of hydrogen-bond acceptors (Lipinski definition) is 5. The van der Waals surface area contributed by atoms with Crippen molar-refractivity contribution in [2.45, 2.75) is 69.9 Å². The largest absolute Gasteiger partial charge is 0.394 e. The fraction of sp³-hybridized carbons (Fsp3) is 0.875. The van der Waals surface area contributed by atoms with E-state index in [4.69, 9.17) is 14.6 Å². The van der Waals surface area contributed by atoms with Gasteiger partial charge in [0, 0.05) is 6.61 Å². The summed E-state index contributed by atoms with van der Waals surface area (Å²) in [4.78, 5) is 0. The lowest BCUT2D eigenvalue weighted by Crippen LogP contribution is -2.55. The number of aliphatic hydroxyl groups excluding tert-OH is 3. The molecule has 0 unspecified atom stereocenters. The van der Waals surface area contributed by atoms with Crippen LogP contribution in [0.25, 0.3) is 0 Å². The molecule has 1 fully saturated rings. The molecule has 124 valence electrons. The number of aliphatic hydroxyl groups is 3. The second-order valence-electron chi connectivity index (χ2n) is 5.53. The summed E-state index contributed by atoms with van der Waals surface area (Å²) in [6, 6.07) is 0. The van der Waals surface area contributed by atoms with E-state index in [0.717, 1.165) is 25.7 Å². The van der Waals surface area contributed by atoms with Gasteiger partial charge in [0.1, 0.15) is 24.4 Å². The van der Waals surface area contributed by atoms with Gasteiger partial charge in [-0.1, -0.05) is 31.9 Å². The first-order valence-electron chi connectivity index (χ1n) is 8.05. The first-order valence-corrected chi connectivity index (χ1v) is 8.05. The third-order valence-electron chi connectivity index (χ3n) is 3.77. The van der Waals surface area contributed by atoms with E-state index < -0.39 is 24.4 Å². The van der Waals surface area contributed by atoms with Gasteiger partial charge in [-0.05, 0) is 25.7 Å². The van der Waals surface area contributed by atoms with E-state index in [1.54, 1.807) is 0 Å². The molecule has 1 aliphatic rings. The summed E-state index contributed by atoms with van der Waals surface area (Å²) < 4.78 is 10.8. The molecular formula is C16H30O5. The van der Waals surface area contributed by atoms with Crippen LogP contribution in [0.1, 0.15) is 45.4 Å². The molecule has 0 aliphatic carbocycles. The van der Waals surface area contributed by atoms with Crippen molar-refractivity contribution in [3.8, 4) is 0 Å². The van der Waals surface area contributed by atoms with Gasteiger partial charge in [0.05, 0.1) is 13.2 Å². The van der Waals surface area contributed by atoms with Crippen LogP contribution in [-0.2, 0) is 9.47 Å². The van der Waals surface area contributed by atoms with Gasteiger partial charge in [-0.3, -0.25) is 0 Å². The number of rotatable bonds is 10. The lowest BCUT2D eigenvalue weighted by molar-refractivity contribution is -0.208. The molecule has 5 heteroatoms. The van der Waals surface area contributed by atoms with Gasteiger partial charge in [-0.15, -0.1) is 0 Å². The normalized spacial score (nSPS) is 30.1. The molecule has 5 nitrogen and oxygen atoms in total. The minimum absolute atomic E-state index is 0.214. The second kappa shape index (κ2) is 11.2. The molecule has 1 heterocycles. The maximum absolute atomic E-state index is 9.89. The van der Waals surface area contributed by atoms with Crippen molar-refractivity contribution in [3.63, 3.8) is 0 Å². The average molecular weight is 302 g/mol. The maximum Gasteiger partial charge on any atom is 0.111 e. The predicted octanol–water partition coefficient (Wildman–Crippen LogP) is 1.40. The highest BCUT2D eigenvalue weighted by Crippen LogP contribution is 2.18. The Labute approximate surface area is 127 Å². The van der Waals surface area contributed by atoms with Gasteiger partial charge in [0.15, 0.2) is 0 Å². The average Bonchev–Trinajstić information content (AvgIpc) is 2.50. The summed E-state index contributed by atoms with van der Waals surface area (Å²) in [7, 11) is 0. The van der Waals surface area contributed by atoms with Crippen molar-refractivity contribution in [1.29, 1.82) is 0 Å². The van der Waals surface area contributed by atoms with Gasteiger partial charge in [0.2, 0.25) is 0 Å².